The van der Waals surface area contributed by atoms with E-state index >= 15 is 0 Å². The molecular weight excluding hydrogens is 254 g/mol. The molecule has 0 aromatic heterocycles. The molecule has 2 rings (SSSR count). The molecule has 1 aliphatic heterocycles. The number of hydrogen-bond donors (Lipinski definition) is 0. The molecule has 0 amide bonds. The first kappa shape index (κ1) is 14.4. The van der Waals surface area contributed by atoms with Crippen molar-refractivity contribution in [1.82, 2.24) is 4.90 Å². The van der Waals surface area contributed by atoms with Crippen LogP contribution in [0.25, 0.3) is 0 Å². The van der Waals surface area contributed by atoms with Crippen LogP contribution in [-0.4, -0.2) is 50.2 Å². The average Bonchev–Trinajstić information content (AvgIpc) is 2.48. The highest BCUT2D eigenvalue weighted by Gasteiger charge is 2.19. The van der Waals surface area contributed by atoms with Crippen LogP contribution in [0.1, 0.15) is 12.5 Å². The Hall–Kier alpha value is -2.06. The van der Waals surface area contributed by atoms with Crippen LogP contribution in [0.5, 0.6) is 0 Å². The third kappa shape index (κ3) is 3.72. The van der Waals surface area contributed by atoms with Crippen LogP contribution in [0, 0.1) is 11.3 Å². The van der Waals surface area contributed by atoms with Gasteiger partial charge < -0.3 is 9.64 Å². The smallest absolute Gasteiger partial charge is 0.320 e. The van der Waals surface area contributed by atoms with Crippen LogP contribution in [0.3, 0.4) is 0 Å². The molecule has 106 valence electrons. The lowest BCUT2D eigenvalue weighted by Gasteiger charge is -2.35. The lowest BCUT2D eigenvalue weighted by Crippen LogP contribution is -2.48. The summed E-state index contributed by atoms with van der Waals surface area (Å²) in [5.41, 5.74) is 1.80. The summed E-state index contributed by atoms with van der Waals surface area (Å²) >= 11 is 0. The Morgan fingerprint density at radius 1 is 1.25 bits per heavy atom. The van der Waals surface area contributed by atoms with Gasteiger partial charge >= 0.3 is 5.97 Å². The van der Waals surface area contributed by atoms with Gasteiger partial charge in [0, 0.05) is 31.9 Å². The molecule has 1 aromatic carbocycles. The predicted molar refractivity (Wildman–Crippen MR) is 76.4 cm³/mol. The normalized spacial score (nSPS) is 15.7. The van der Waals surface area contributed by atoms with Crippen LogP contribution in [-0.2, 0) is 9.53 Å². The largest absolute Gasteiger partial charge is 0.465 e. The minimum atomic E-state index is -0.153. The van der Waals surface area contributed by atoms with E-state index in [0.717, 1.165) is 31.9 Å². The molecule has 1 heterocycles. The number of benzene rings is 1. The zero-order chi connectivity index (χ0) is 14.4. The molecule has 5 heteroatoms. The second-order valence-electron chi connectivity index (χ2n) is 4.73. The Morgan fingerprint density at radius 2 is 1.90 bits per heavy atom. The zero-order valence-corrected chi connectivity index (χ0v) is 11.7. The van der Waals surface area contributed by atoms with Crippen molar-refractivity contribution in [2.75, 3.05) is 44.2 Å². The lowest BCUT2D eigenvalue weighted by atomic mass is 10.2. The van der Waals surface area contributed by atoms with Crippen LogP contribution < -0.4 is 4.90 Å². The number of hydrogen-bond acceptors (Lipinski definition) is 5. The lowest BCUT2D eigenvalue weighted by molar-refractivity contribution is -0.144. The standard InChI is InChI=1S/C15H19N3O2/c1-2-20-15(19)12-17-7-9-18(10-8-17)14-5-3-13(11-16)4-6-14/h3-6H,2,7-10,12H2,1H3. The highest BCUT2D eigenvalue weighted by molar-refractivity contribution is 5.71. The maximum Gasteiger partial charge on any atom is 0.320 e. The SMILES string of the molecule is CCOC(=O)CN1CCN(c2ccc(C#N)cc2)CC1. The van der Waals surface area contributed by atoms with Gasteiger partial charge in [0.2, 0.25) is 0 Å². The van der Waals surface area contributed by atoms with Crippen LogP contribution >= 0.6 is 0 Å². The minimum absolute atomic E-state index is 0.153. The fraction of sp³-hybridized carbons (Fsp3) is 0.467. The molecular formula is C15H19N3O2. The number of nitriles is 1. The van der Waals surface area contributed by atoms with E-state index in [9.17, 15) is 4.79 Å². The number of nitrogens with zero attached hydrogens (tertiary/aromatic N) is 3. The Bertz CT molecular complexity index is 485. The zero-order valence-electron chi connectivity index (χ0n) is 11.7. The third-order valence-corrected chi connectivity index (χ3v) is 3.39. The summed E-state index contributed by atoms with van der Waals surface area (Å²) < 4.78 is 4.96. The topological polar surface area (TPSA) is 56.6 Å². The molecule has 20 heavy (non-hydrogen) atoms. The third-order valence-electron chi connectivity index (χ3n) is 3.39. The van der Waals surface area contributed by atoms with Crippen molar-refractivity contribution in [3.63, 3.8) is 0 Å². The van der Waals surface area contributed by atoms with Crippen molar-refractivity contribution in [3.8, 4) is 6.07 Å². The highest BCUT2D eigenvalue weighted by Crippen LogP contribution is 2.17. The molecule has 1 fully saturated rings. The van der Waals surface area contributed by atoms with E-state index in [2.05, 4.69) is 15.9 Å². The van der Waals surface area contributed by atoms with Gasteiger partial charge in [0.05, 0.1) is 24.8 Å². The quantitative estimate of drug-likeness (QED) is 0.773. The van der Waals surface area contributed by atoms with E-state index in [4.69, 9.17) is 10.00 Å². The number of esters is 1. The Balaban J connectivity index is 1.84. The predicted octanol–water partition coefficient (Wildman–Crippen LogP) is 1.24. The van der Waals surface area contributed by atoms with Crippen LogP contribution in [0.2, 0.25) is 0 Å². The van der Waals surface area contributed by atoms with Gasteiger partial charge in [-0.3, -0.25) is 9.69 Å². The number of carbonyl (C=O) groups excluding carboxylic acids is 1. The van der Waals surface area contributed by atoms with E-state index in [-0.39, 0.29) is 5.97 Å². The van der Waals surface area contributed by atoms with Crippen molar-refractivity contribution in [3.05, 3.63) is 29.8 Å². The molecule has 0 saturated carbocycles. The maximum atomic E-state index is 11.4. The number of piperazine rings is 1. The second kappa shape index (κ2) is 6.92. The summed E-state index contributed by atoms with van der Waals surface area (Å²) in [6.07, 6.45) is 0. The summed E-state index contributed by atoms with van der Waals surface area (Å²) in [4.78, 5) is 15.8. The highest BCUT2D eigenvalue weighted by atomic mass is 16.5. The van der Waals surface area contributed by atoms with E-state index in [0.29, 0.717) is 18.7 Å². The second-order valence-corrected chi connectivity index (χ2v) is 4.73. The van der Waals surface area contributed by atoms with Gasteiger partial charge in [-0.1, -0.05) is 0 Å². The first-order valence-electron chi connectivity index (χ1n) is 6.86. The van der Waals surface area contributed by atoms with Gasteiger partial charge in [-0.25, -0.2) is 0 Å². The molecule has 0 unspecified atom stereocenters. The van der Waals surface area contributed by atoms with Crippen LogP contribution in [0.4, 0.5) is 5.69 Å². The molecule has 1 aromatic rings. The summed E-state index contributed by atoms with van der Waals surface area (Å²) in [7, 11) is 0. The molecule has 0 bridgehead atoms. The van der Waals surface area contributed by atoms with Crippen molar-refractivity contribution < 1.29 is 9.53 Å². The number of carbonyl (C=O) groups is 1. The fourth-order valence-electron chi connectivity index (χ4n) is 2.30. The van der Waals surface area contributed by atoms with Crippen molar-refractivity contribution >= 4 is 11.7 Å². The van der Waals surface area contributed by atoms with Gasteiger partial charge in [-0.05, 0) is 31.2 Å². The molecule has 1 saturated heterocycles. The number of rotatable bonds is 4. The number of ether oxygens (including phenoxy) is 1. The monoisotopic (exact) mass is 273 g/mol. The molecule has 1 aliphatic rings. The van der Waals surface area contributed by atoms with Crippen molar-refractivity contribution in [2.45, 2.75) is 6.92 Å². The Labute approximate surface area is 119 Å². The van der Waals surface area contributed by atoms with Gasteiger partial charge in [-0.2, -0.15) is 5.26 Å². The average molecular weight is 273 g/mol. The van der Waals surface area contributed by atoms with Gasteiger partial charge in [0.15, 0.2) is 0 Å². The Kier molecular flexibility index (Phi) is 4.97. The van der Waals surface area contributed by atoms with E-state index in [1.807, 2.05) is 31.2 Å². The van der Waals surface area contributed by atoms with Crippen molar-refractivity contribution in [2.24, 2.45) is 0 Å². The molecule has 5 nitrogen and oxygen atoms in total. The minimum Gasteiger partial charge on any atom is -0.465 e. The first-order chi connectivity index (χ1) is 9.72. The van der Waals surface area contributed by atoms with Crippen LogP contribution in [0.15, 0.2) is 24.3 Å². The first-order valence-corrected chi connectivity index (χ1v) is 6.86. The molecule has 0 atom stereocenters. The number of anilines is 1. The van der Waals surface area contributed by atoms with E-state index in [1.165, 1.54) is 0 Å². The van der Waals surface area contributed by atoms with E-state index in [1.54, 1.807) is 0 Å². The summed E-state index contributed by atoms with van der Waals surface area (Å²) in [5, 5.41) is 8.79. The molecule has 0 N–H and O–H groups in total. The van der Waals surface area contributed by atoms with Gasteiger partial charge in [0.25, 0.3) is 0 Å². The van der Waals surface area contributed by atoms with Gasteiger partial charge in [-0.15, -0.1) is 0 Å². The summed E-state index contributed by atoms with van der Waals surface area (Å²) in [6.45, 7) is 6.08. The molecule has 0 spiro atoms. The fourth-order valence-corrected chi connectivity index (χ4v) is 2.30. The molecule has 0 aliphatic carbocycles. The van der Waals surface area contributed by atoms with Gasteiger partial charge in [0.1, 0.15) is 0 Å². The Morgan fingerprint density at radius 3 is 2.45 bits per heavy atom. The molecule has 0 radical (unpaired) electrons. The maximum absolute atomic E-state index is 11.4. The van der Waals surface area contributed by atoms with E-state index < -0.39 is 0 Å². The van der Waals surface area contributed by atoms with Crippen molar-refractivity contribution in [1.29, 1.82) is 5.26 Å². The summed E-state index contributed by atoms with van der Waals surface area (Å²) in [5.74, 6) is -0.153. The summed E-state index contributed by atoms with van der Waals surface area (Å²) in [6, 6.07) is 9.73.